The second-order valence-electron chi connectivity index (χ2n) is 6.87. The van der Waals surface area contributed by atoms with Crippen LogP contribution in [0.1, 0.15) is 65.9 Å². The molecule has 0 spiro atoms. The van der Waals surface area contributed by atoms with Crippen molar-refractivity contribution in [2.24, 2.45) is 5.41 Å². The van der Waals surface area contributed by atoms with Crippen LogP contribution >= 0.6 is 11.3 Å². The minimum Gasteiger partial charge on any atom is -0.312 e. The lowest BCUT2D eigenvalue weighted by molar-refractivity contribution is 0.206. The lowest BCUT2D eigenvalue weighted by atomic mass is 9.75. The van der Waals surface area contributed by atoms with E-state index in [1.807, 2.05) is 11.3 Å². The van der Waals surface area contributed by atoms with Crippen LogP contribution < -0.4 is 5.32 Å². The molecule has 0 aliphatic rings. The fraction of sp³-hybridized carbons (Fsp3) is 0.765. The number of rotatable bonds is 8. The highest BCUT2D eigenvalue weighted by molar-refractivity contribution is 7.07. The van der Waals surface area contributed by atoms with Gasteiger partial charge in [-0.25, -0.2) is 0 Å². The summed E-state index contributed by atoms with van der Waals surface area (Å²) in [7, 11) is 0. The molecule has 0 saturated carbocycles. The lowest BCUT2D eigenvalue weighted by Gasteiger charge is -2.36. The zero-order chi connectivity index (χ0) is 14.4. The molecular formula is C17H31NS. The average molecular weight is 282 g/mol. The lowest BCUT2D eigenvalue weighted by Crippen LogP contribution is -2.44. The Morgan fingerprint density at radius 1 is 1.21 bits per heavy atom. The van der Waals surface area contributed by atoms with Gasteiger partial charge in [0.15, 0.2) is 0 Å². The molecule has 2 heteroatoms. The molecule has 1 aromatic heterocycles. The van der Waals surface area contributed by atoms with E-state index in [-0.39, 0.29) is 5.54 Å². The fourth-order valence-corrected chi connectivity index (χ4v) is 3.17. The molecule has 0 saturated heterocycles. The Hall–Kier alpha value is -0.340. The third kappa shape index (κ3) is 6.09. The topological polar surface area (TPSA) is 12.0 Å². The van der Waals surface area contributed by atoms with E-state index >= 15 is 0 Å². The first kappa shape index (κ1) is 16.7. The van der Waals surface area contributed by atoms with Crippen LogP contribution in [0.4, 0.5) is 0 Å². The monoisotopic (exact) mass is 281 g/mol. The molecular weight excluding hydrogens is 250 g/mol. The SMILES string of the molecule is CCCCC(CC)(CNC(C)(C)C)Cc1ccsc1. The third-order valence-corrected chi connectivity index (χ3v) is 4.70. The molecule has 0 fully saturated rings. The molecule has 1 rings (SSSR count). The average Bonchev–Trinajstić information content (AvgIpc) is 2.84. The Balaban J connectivity index is 2.74. The van der Waals surface area contributed by atoms with E-state index in [4.69, 9.17) is 0 Å². The summed E-state index contributed by atoms with van der Waals surface area (Å²) in [5.41, 5.74) is 2.14. The van der Waals surface area contributed by atoms with Crippen molar-refractivity contribution in [2.45, 2.75) is 72.3 Å². The van der Waals surface area contributed by atoms with Gasteiger partial charge < -0.3 is 5.32 Å². The number of nitrogens with one attached hydrogen (secondary N) is 1. The van der Waals surface area contributed by atoms with Crippen molar-refractivity contribution >= 4 is 11.3 Å². The van der Waals surface area contributed by atoms with E-state index < -0.39 is 0 Å². The molecule has 110 valence electrons. The minimum atomic E-state index is 0.210. The highest BCUT2D eigenvalue weighted by Gasteiger charge is 2.29. The Morgan fingerprint density at radius 3 is 2.42 bits per heavy atom. The standard InChI is InChI=1S/C17H31NS/c1-6-8-10-17(7-2,14-18-16(3,4)5)12-15-9-11-19-13-15/h9,11,13,18H,6-8,10,12,14H2,1-5H3. The maximum absolute atomic E-state index is 3.74. The van der Waals surface area contributed by atoms with Crippen LogP contribution in [-0.4, -0.2) is 12.1 Å². The molecule has 0 radical (unpaired) electrons. The zero-order valence-corrected chi connectivity index (χ0v) is 14.2. The summed E-state index contributed by atoms with van der Waals surface area (Å²) in [5.74, 6) is 0. The predicted octanol–water partition coefficient (Wildman–Crippen LogP) is 5.27. The molecule has 0 bridgehead atoms. The van der Waals surface area contributed by atoms with Crippen molar-refractivity contribution < 1.29 is 0 Å². The molecule has 1 aromatic rings. The first-order valence-corrected chi connectivity index (χ1v) is 8.61. The molecule has 19 heavy (non-hydrogen) atoms. The van der Waals surface area contributed by atoms with Gasteiger partial charge in [-0.1, -0.05) is 26.7 Å². The number of thiophene rings is 1. The van der Waals surface area contributed by atoms with Crippen LogP contribution in [0.5, 0.6) is 0 Å². The second kappa shape index (κ2) is 7.44. The van der Waals surface area contributed by atoms with Gasteiger partial charge in [-0.05, 0) is 67.8 Å². The normalized spacial score (nSPS) is 15.4. The maximum Gasteiger partial charge on any atom is 0.00967 e. The Labute approximate surface area is 123 Å². The van der Waals surface area contributed by atoms with Crippen LogP contribution in [0, 0.1) is 5.41 Å². The molecule has 1 nitrogen and oxygen atoms in total. The largest absolute Gasteiger partial charge is 0.312 e. The van der Waals surface area contributed by atoms with Gasteiger partial charge in [-0.15, -0.1) is 0 Å². The van der Waals surface area contributed by atoms with Crippen molar-refractivity contribution in [3.05, 3.63) is 22.4 Å². The number of unbranched alkanes of at least 4 members (excludes halogenated alkanes) is 1. The molecule has 0 aliphatic heterocycles. The third-order valence-electron chi connectivity index (χ3n) is 3.96. The molecule has 1 N–H and O–H groups in total. The summed E-state index contributed by atoms with van der Waals surface area (Å²) in [5, 5.41) is 8.25. The van der Waals surface area contributed by atoms with Gasteiger partial charge in [-0.3, -0.25) is 0 Å². The van der Waals surface area contributed by atoms with E-state index in [1.165, 1.54) is 37.7 Å². The smallest absolute Gasteiger partial charge is 0.00967 e. The summed E-state index contributed by atoms with van der Waals surface area (Å²) in [6, 6.07) is 2.29. The van der Waals surface area contributed by atoms with Crippen LogP contribution in [0.2, 0.25) is 0 Å². The van der Waals surface area contributed by atoms with Gasteiger partial charge >= 0.3 is 0 Å². The van der Waals surface area contributed by atoms with Crippen molar-refractivity contribution in [2.75, 3.05) is 6.54 Å². The summed E-state index contributed by atoms with van der Waals surface area (Å²) in [6.07, 6.45) is 6.44. The molecule has 0 aromatic carbocycles. The molecule has 1 atom stereocenters. The summed E-state index contributed by atoms with van der Waals surface area (Å²) < 4.78 is 0. The summed E-state index contributed by atoms with van der Waals surface area (Å²) in [6.45, 7) is 12.6. The number of hydrogen-bond donors (Lipinski definition) is 1. The van der Waals surface area contributed by atoms with Crippen LogP contribution in [0.25, 0.3) is 0 Å². The molecule has 0 amide bonds. The highest BCUT2D eigenvalue weighted by atomic mass is 32.1. The first-order valence-electron chi connectivity index (χ1n) is 7.67. The minimum absolute atomic E-state index is 0.210. The van der Waals surface area contributed by atoms with E-state index in [2.05, 4.69) is 56.8 Å². The van der Waals surface area contributed by atoms with E-state index in [0.29, 0.717) is 5.41 Å². The quantitative estimate of drug-likeness (QED) is 0.685. The van der Waals surface area contributed by atoms with E-state index in [9.17, 15) is 0 Å². The van der Waals surface area contributed by atoms with Crippen molar-refractivity contribution in [3.63, 3.8) is 0 Å². The van der Waals surface area contributed by atoms with E-state index in [1.54, 1.807) is 0 Å². The van der Waals surface area contributed by atoms with Crippen LogP contribution in [0.3, 0.4) is 0 Å². The van der Waals surface area contributed by atoms with Gasteiger partial charge in [0.05, 0.1) is 0 Å². The second-order valence-corrected chi connectivity index (χ2v) is 7.65. The van der Waals surface area contributed by atoms with Gasteiger partial charge in [-0.2, -0.15) is 11.3 Å². The fourth-order valence-electron chi connectivity index (χ4n) is 2.50. The summed E-state index contributed by atoms with van der Waals surface area (Å²) >= 11 is 1.82. The van der Waals surface area contributed by atoms with E-state index in [0.717, 1.165) is 6.54 Å². The number of hydrogen-bond acceptors (Lipinski definition) is 2. The van der Waals surface area contributed by atoms with Crippen LogP contribution in [-0.2, 0) is 6.42 Å². The predicted molar refractivity (Wildman–Crippen MR) is 88.0 cm³/mol. The van der Waals surface area contributed by atoms with Crippen molar-refractivity contribution in [1.82, 2.24) is 5.32 Å². The van der Waals surface area contributed by atoms with Crippen LogP contribution in [0.15, 0.2) is 16.8 Å². The van der Waals surface area contributed by atoms with Crippen molar-refractivity contribution in [1.29, 1.82) is 0 Å². The van der Waals surface area contributed by atoms with Gasteiger partial charge in [0.25, 0.3) is 0 Å². The highest BCUT2D eigenvalue weighted by Crippen LogP contribution is 2.33. The zero-order valence-electron chi connectivity index (χ0n) is 13.4. The Morgan fingerprint density at radius 2 is 1.95 bits per heavy atom. The molecule has 1 heterocycles. The van der Waals surface area contributed by atoms with Gasteiger partial charge in [0, 0.05) is 12.1 Å². The molecule has 1 unspecified atom stereocenters. The molecule has 0 aliphatic carbocycles. The van der Waals surface area contributed by atoms with Crippen molar-refractivity contribution in [3.8, 4) is 0 Å². The van der Waals surface area contributed by atoms with Gasteiger partial charge in [0.2, 0.25) is 0 Å². The Bertz CT molecular complexity index is 337. The Kier molecular flexibility index (Phi) is 6.55. The first-order chi connectivity index (χ1) is 8.91. The van der Waals surface area contributed by atoms with Gasteiger partial charge in [0.1, 0.15) is 0 Å². The maximum atomic E-state index is 3.74. The summed E-state index contributed by atoms with van der Waals surface area (Å²) in [4.78, 5) is 0.